The average molecular weight is 191 g/mol. The summed E-state index contributed by atoms with van der Waals surface area (Å²) in [5.74, 6) is -0.126. The Balaban J connectivity index is 0.000000845. The second-order valence-electron chi connectivity index (χ2n) is 2.66. The zero-order valence-electron chi connectivity index (χ0n) is 6.69. The number of ether oxygens (including phenoxy) is 1. The van der Waals surface area contributed by atoms with E-state index in [1.165, 1.54) is 12.1 Å². The molecule has 5 heteroatoms. The zero-order chi connectivity index (χ0) is 8.77. The van der Waals surface area contributed by atoms with Crippen LogP contribution in [-0.2, 0) is 6.42 Å². The highest BCUT2D eigenvalue weighted by Gasteiger charge is 2.31. The maximum Gasteiger partial charge on any atom is 0.573 e. The summed E-state index contributed by atoms with van der Waals surface area (Å²) in [7, 11) is 0. The third-order valence-electron chi connectivity index (χ3n) is 1.67. The van der Waals surface area contributed by atoms with Crippen LogP contribution in [0.3, 0.4) is 0 Å². The largest absolute Gasteiger partial charge is 0.573 e. The van der Waals surface area contributed by atoms with Crippen molar-refractivity contribution >= 4 is 0 Å². The van der Waals surface area contributed by atoms with E-state index in [4.69, 9.17) is 0 Å². The molecule has 1 aliphatic carbocycles. The number of fused-ring (bicyclic) bond motifs is 1. The second-order valence-corrected chi connectivity index (χ2v) is 2.66. The van der Waals surface area contributed by atoms with Gasteiger partial charge in [-0.2, -0.15) is 0 Å². The van der Waals surface area contributed by atoms with E-state index >= 15 is 0 Å². The van der Waals surface area contributed by atoms with Gasteiger partial charge in [-0.1, -0.05) is 6.07 Å². The number of hydrogen-bond donors (Lipinski definition) is 1. The quantitative estimate of drug-likeness (QED) is 0.752. The molecule has 0 amide bonds. The number of hydrogen-bond acceptors (Lipinski definition) is 2. The number of alkyl halides is 3. The van der Waals surface area contributed by atoms with Gasteiger partial charge in [-0.05, 0) is 29.7 Å². The molecule has 0 atom stereocenters. The van der Waals surface area contributed by atoms with E-state index in [9.17, 15) is 13.2 Å². The SMILES string of the molecule is FC(F)(F)Oc1ccc2c(c1)C2.N. The Hall–Kier alpha value is -1.23. The first-order chi connectivity index (χ1) is 5.54. The molecule has 13 heavy (non-hydrogen) atoms. The molecule has 0 saturated carbocycles. The molecule has 0 fully saturated rings. The van der Waals surface area contributed by atoms with Gasteiger partial charge in [-0.3, -0.25) is 0 Å². The maximum atomic E-state index is 11.7. The van der Waals surface area contributed by atoms with Crippen LogP contribution in [0.4, 0.5) is 13.2 Å². The third-order valence-corrected chi connectivity index (χ3v) is 1.67. The van der Waals surface area contributed by atoms with Gasteiger partial charge in [-0.15, -0.1) is 13.2 Å². The van der Waals surface area contributed by atoms with Crippen molar-refractivity contribution < 1.29 is 17.9 Å². The van der Waals surface area contributed by atoms with E-state index in [1.54, 1.807) is 6.07 Å². The van der Waals surface area contributed by atoms with E-state index in [-0.39, 0.29) is 11.9 Å². The lowest BCUT2D eigenvalue weighted by Crippen LogP contribution is -2.16. The highest BCUT2D eigenvalue weighted by Crippen LogP contribution is 2.33. The first kappa shape index (κ1) is 9.85. The Kier molecular flexibility index (Phi) is 2.21. The van der Waals surface area contributed by atoms with Crippen molar-refractivity contribution in [2.45, 2.75) is 12.8 Å². The van der Waals surface area contributed by atoms with Crippen molar-refractivity contribution in [2.75, 3.05) is 0 Å². The molecule has 3 N–H and O–H groups in total. The normalized spacial score (nSPS) is 12.8. The highest BCUT2D eigenvalue weighted by molar-refractivity contribution is 5.49. The fraction of sp³-hybridized carbons (Fsp3) is 0.250. The van der Waals surface area contributed by atoms with Crippen LogP contribution in [-0.4, -0.2) is 6.36 Å². The predicted octanol–water partition coefficient (Wildman–Crippen LogP) is 2.65. The van der Waals surface area contributed by atoms with Crippen LogP contribution in [0.5, 0.6) is 5.75 Å². The molecule has 0 radical (unpaired) electrons. The van der Waals surface area contributed by atoms with Crippen molar-refractivity contribution in [3.05, 3.63) is 29.3 Å². The number of rotatable bonds is 1. The fourth-order valence-electron chi connectivity index (χ4n) is 1.07. The van der Waals surface area contributed by atoms with E-state index in [0.29, 0.717) is 0 Å². The molecule has 0 aromatic heterocycles. The molecule has 0 spiro atoms. The first-order valence-corrected chi connectivity index (χ1v) is 3.42. The predicted molar refractivity (Wildman–Crippen MR) is 41.0 cm³/mol. The summed E-state index contributed by atoms with van der Waals surface area (Å²) < 4.78 is 38.7. The molecule has 1 aromatic rings. The molecule has 1 aromatic carbocycles. The molecule has 0 saturated heterocycles. The molecule has 0 aliphatic heterocycles. The van der Waals surface area contributed by atoms with Gasteiger partial charge in [0.15, 0.2) is 0 Å². The summed E-state index contributed by atoms with van der Waals surface area (Å²) in [6.45, 7) is 0. The highest BCUT2D eigenvalue weighted by atomic mass is 19.4. The Bertz CT molecular complexity index is 322. The topological polar surface area (TPSA) is 44.2 Å². The van der Waals surface area contributed by atoms with E-state index in [0.717, 1.165) is 17.5 Å². The van der Waals surface area contributed by atoms with E-state index < -0.39 is 6.36 Å². The van der Waals surface area contributed by atoms with Crippen LogP contribution in [0.25, 0.3) is 0 Å². The van der Waals surface area contributed by atoms with Crippen LogP contribution in [0.2, 0.25) is 0 Å². The Morgan fingerprint density at radius 2 is 1.85 bits per heavy atom. The van der Waals surface area contributed by atoms with Crippen LogP contribution < -0.4 is 10.9 Å². The number of halogens is 3. The molecule has 0 unspecified atom stereocenters. The van der Waals surface area contributed by atoms with Crippen molar-refractivity contribution in [1.29, 1.82) is 0 Å². The Morgan fingerprint density at radius 1 is 1.15 bits per heavy atom. The van der Waals surface area contributed by atoms with Gasteiger partial charge in [0.25, 0.3) is 0 Å². The summed E-state index contributed by atoms with van der Waals surface area (Å²) >= 11 is 0. The van der Waals surface area contributed by atoms with Gasteiger partial charge in [0, 0.05) is 0 Å². The summed E-state index contributed by atoms with van der Waals surface area (Å²) in [5.41, 5.74) is 2.04. The van der Waals surface area contributed by atoms with Crippen molar-refractivity contribution in [3.8, 4) is 5.75 Å². The van der Waals surface area contributed by atoms with Crippen LogP contribution >= 0.6 is 0 Å². The maximum absolute atomic E-state index is 11.7. The minimum atomic E-state index is -4.58. The van der Waals surface area contributed by atoms with E-state index in [2.05, 4.69) is 4.74 Å². The van der Waals surface area contributed by atoms with Gasteiger partial charge < -0.3 is 10.9 Å². The minimum absolute atomic E-state index is 0. The first-order valence-electron chi connectivity index (χ1n) is 3.42. The van der Waals surface area contributed by atoms with Gasteiger partial charge in [0.05, 0.1) is 0 Å². The summed E-state index contributed by atoms with van der Waals surface area (Å²) in [6.07, 6.45) is -3.79. The minimum Gasteiger partial charge on any atom is -0.406 e. The van der Waals surface area contributed by atoms with Gasteiger partial charge in [0.1, 0.15) is 5.75 Å². The van der Waals surface area contributed by atoms with Crippen LogP contribution in [0.15, 0.2) is 18.2 Å². The summed E-state index contributed by atoms with van der Waals surface area (Å²) in [4.78, 5) is 0. The molecule has 0 bridgehead atoms. The van der Waals surface area contributed by atoms with Crippen LogP contribution in [0.1, 0.15) is 11.1 Å². The van der Waals surface area contributed by atoms with Gasteiger partial charge in [-0.25, -0.2) is 0 Å². The average Bonchev–Trinajstić information content (AvgIpc) is 2.61. The van der Waals surface area contributed by atoms with Gasteiger partial charge in [0.2, 0.25) is 0 Å². The summed E-state index contributed by atoms with van der Waals surface area (Å²) in [5, 5.41) is 0. The Labute approximate surface area is 72.9 Å². The molecular formula is C8H8F3NO. The van der Waals surface area contributed by atoms with Gasteiger partial charge >= 0.3 is 6.36 Å². The monoisotopic (exact) mass is 191 g/mol. The lowest BCUT2D eigenvalue weighted by Gasteiger charge is -2.07. The Morgan fingerprint density at radius 3 is 2.38 bits per heavy atom. The molecule has 72 valence electrons. The standard InChI is InChI=1S/C8H5F3O.H3N/c9-8(10,11)12-7-2-1-5-3-6(5)4-7;/h1-2,4H,3H2;1H3. The smallest absolute Gasteiger partial charge is 0.406 e. The molecular weight excluding hydrogens is 183 g/mol. The molecule has 2 rings (SSSR count). The fourth-order valence-corrected chi connectivity index (χ4v) is 1.07. The number of benzene rings is 1. The lowest BCUT2D eigenvalue weighted by atomic mass is 10.3. The molecule has 1 aliphatic rings. The van der Waals surface area contributed by atoms with E-state index in [1.807, 2.05) is 0 Å². The molecule has 2 nitrogen and oxygen atoms in total. The second kappa shape index (κ2) is 2.92. The lowest BCUT2D eigenvalue weighted by molar-refractivity contribution is -0.274. The molecule has 0 heterocycles. The van der Waals surface area contributed by atoms with Crippen molar-refractivity contribution in [1.82, 2.24) is 6.15 Å². The zero-order valence-corrected chi connectivity index (χ0v) is 6.69. The van der Waals surface area contributed by atoms with Crippen LogP contribution in [0, 0.1) is 0 Å². The van der Waals surface area contributed by atoms with Crippen molar-refractivity contribution in [2.24, 2.45) is 0 Å². The summed E-state index contributed by atoms with van der Waals surface area (Å²) in [6, 6.07) is 4.40. The third kappa shape index (κ3) is 2.35. The van der Waals surface area contributed by atoms with Crippen molar-refractivity contribution in [3.63, 3.8) is 0 Å².